The van der Waals surface area contributed by atoms with Crippen molar-refractivity contribution in [2.45, 2.75) is 12.8 Å². The van der Waals surface area contributed by atoms with Crippen molar-refractivity contribution in [3.05, 3.63) is 84.4 Å². The summed E-state index contributed by atoms with van der Waals surface area (Å²) in [6.07, 6.45) is 17.1. The molecule has 0 heterocycles. The predicted octanol–water partition coefficient (Wildman–Crippen LogP) is 5.38. The van der Waals surface area contributed by atoms with Crippen LogP contribution in [0.4, 0.5) is 0 Å². The lowest BCUT2D eigenvalue weighted by Crippen LogP contribution is -1.99. The first-order valence-corrected chi connectivity index (χ1v) is 8.55. The molecule has 0 bridgehead atoms. The minimum Gasteiger partial charge on any atom is -0.484 e. The van der Waals surface area contributed by atoms with Gasteiger partial charge in [-0.15, -0.1) is 0 Å². The molecule has 1 rings (SSSR count). The summed E-state index contributed by atoms with van der Waals surface area (Å²) < 4.78 is 11.2. The van der Waals surface area contributed by atoms with Gasteiger partial charge in [0.2, 0.25) is 0 Å². The fraction of sp³-hybridized carbons (Fsp3) is 0.176. The second-order valence-electron chi connectivity index (χ2n) is 4.23. The Hall–Kier alpha value is -1.36. The second kappa shape index (κ2) is 10.4. The molecule has 0 spiro atoms. The van der Waals surface area contributed by atoms with E-state index in [0.29, 0.717) is 15.2 Å². The Morgan fingerprint density at radius 1 is 1.33 bits per heavy atom. The van der Waals surface area contributed by atoms with Gasteiger partial charge in [-0.1, -0.05) is 49.6 Å². The van der Waals surface area contributed by atoms with Crippen LogP contribution in [0.15, 0.2) is 84.4 Å². The summed E-state index contributed by atoms with van der Waals surface area (Å²) in [6, 6.07) is 0. The molecule has 0 aromatic heterocycles. The van der Waals surface area contributed by atoms with Crippen molar-refractivity contribution in [2.75, 3.05) is 6.66 Å². The third-order valence-electron chi connectivity index (χ3n) is 2.85. The summed E-state index contributed by atoms with van der Waals surface area (Å²) in [5, 5.41) is 0. The van der Waals surface area contributed by atoms with Crippen molar-refractivity contribution in [2.24, 2.45) is 0 Å². The molecular weight excluding hydrogens is 298 g/mol. The number of rotatable bonds is 8. The number of hydrogen-bond donors (Lipinski definition) is 0. The molecule has 1 aliphatic carbocycles. The van der Waals surface area contributed by atoms with E-state index in [4.69, 9.17) is 9.05 Å². The zero-order chi connectivity index (χ0) is 15.5. The highest BCUT2D eigenvalue weighted by Gasteiger charge is 2.14. The molecular formula is C17H22O2P2. The highest BCUT2D eigenvalue weighted by Crippen LogP contribution is 2.32. The first-order chi connectivity index (χ1) is 10.3. The summed E-state index contributed by atoms with van der Waals surface area (Å²) in [4.78, 5) is 0. The molecule has 0 aliphatic heterocycles. The van der Waals surface area contributed by atoms with Crippen LogP contribution in [0.1, 0.15) is 12.8 Å². The van der Waals surface area contributed by atoms with Gasteiger partial charge < -0.3 is 9.05 Å². The average Bonchev–Trinajstić information content (AvgIpc) is 2.52. The van der Waals surface area contributed by atoms with Crippen molar-refractivity contribution in [1.29, 1.82) is 0 Å². The Kier molecular flexibility index (Phi) is 8.74. The van der Waals surface area contributed by atoms with Gasteiger partial charge in [0, 0.05) is 12.0 Å². The first-order valence-electron chi connectivity index (χ1n) is 6.67. The summed E-state index contributed by atoms with van der Waals surface area (Å²) in [5.74, 6) is 1.66. The van der Waals surface area contributed by atoms with Crippen molar-refractivity contribution < 1.29 is 9.05 Å². The van der Waals surface area contributed by atoms with Crippen LogP contribution in [0.25, 0.3) is 0 Å². The molecule has 2 atom stereocenters. The molecule has 0 fully saturated rings. The largest absolute Gasteiger partial charge is 0.484 e. The van der Waals surface area contributed by atoms with Gasteiger partial charge in [0.15, 0.2) is 0 Å². The van der Waals surface area contributed by atoms with Gasteiger partial charge in [-0.3, -0.25) is 0 Å². The van der Waals surface area contributed by atoms with Gasteiger partial charge in [0.05, 0.1) is 18.3 Å². The molecule has 21 heavy (non-hydrogen) atoms. The fourth-order valence-corrected chi connectivity index (χ4v) is 2.53. The molecule has 2 unspecified atom stereocenters. The second-order valence-corrected chi connectivity index (χ2v) is 5.08. The van der Waals surface area contributed by atoms with Gasteiger partial charge in [-0.2, -0.15) is 0 Å². The van der Waals surface area contributed by atoms with E-state index in [9.17, 15) is 0 Å². The Labute approximate surface area is 131 Å². The average molecular weight is 320 g/mol. The molecule has 0 N–H and O–H groups in total. The smallest absolute Gasteiger partial charge is 0.126 e. The molecule has 0 aromatic carbocycles. The van der Waals surface area contributed by atoms with E-state index in [1.165, 1.54) is 5.57 Å². The Bertz CT molecular complexity index is 523. The monoisotopic (exact) mass is 320 g/mol. The van der Waals surface area contributed by atoms with Crippen molar-refractivity contribution in [1.82, 2.24) is 0 Å². The Balaban J connectivity index is 3.22. The van der Waals surface area contributed by atoms with E-state index in [1.807, 2.05) is 31.0 Å². The summed E-state index contributed by atoms with van der Waals surface area (Å²) >= 11 is 0. The van der Waals surface area contributed by atoms with Crippen LogP contribution >= 0.6 is 18.3 Å². The topological polar surface area (TPSA) is 18.5 Å². The Morgan fingerprint density at radius 3 is 2.62 bits per heavy atom. The van der Waals surface area contributed by atoms with Crippen molar-refractivity contribution in [3.8, 4) is 0 Å². The van der Waals surface area contributed by atoms with E-state index in [1.54, 1.807) is 12.2 Å². The molecule has 0 amide bonds. The van der Waals surface area contributed by atoms with Crippen LogP contribution < -0.4 is 0 Å². The lowest BCUT2D eigenvalue weighted by Gasteiger charge is -2.18. The van der Waals surface area contributed by atoms with Crippen LogP contribution in [-0.2, 0) is 9.05 Å². The standard InChI is InChI=1S/C17H22O2P2/c1-4-9-15(18-20)13-16(14-11-7-6-8-12-14)17(10-5-2)19-21-3/h4-11,21H,1-2,12-13,20H2,3H3/b15-9+,16-14-,17-10+. The quantitative estimate of drug-likeness (QED) is 0.340. The molecule has 112 valence electrons. The minimum absolute atomic E-state index is 0.375. The van der Waals surface area contributed by atoms with Crippen LogP contribution in [0.3, 0.4) is 0 Å². The van der Waals surface area contributed by atoms with Crippen LogP contribution in [0, 0.1) is 0 Å². The van der Waals surface area contributed by atoms with Gasteiger partial charge >= 0.3 is 0 Å². The molecule has 0 aromatic rings. The van der Waals surface area contributed by atoms with E-state index >= 15 is 0 Å². The highest BCUT2D eigenvalue weighted by molar-refractivity contribution is 7.31. The molecule has 0 saturated carbocycles. The normalized spacial score (nSPS) is 18.0. The van der Waals surface area contributed by atoms with Crippen LogP contribution in [-0.4, -0.2) is 6.66 Å². The van der Waals surface area contributed by atoms with E-state index in [0.717, 1.165) is 23.5 Å². The van der Waals surface area contributed by atoms with E-state index < -0.39 is 0 Å². The third-order valence-corrected chi connectivity index (χ3v) is 3.58. The maximum Gasteiger partial charge on any atom is 0.126 e. The predicted molar refractivity (Wildman–Crippen MR) is 97.2 cm³/mol. The summed E-state index contributed by atoms with van der Waals surface area (Å²) in [5.41, 5.74) is 2.33. The molecule has 4 heteroatoms. The van der Waals surface area contributed by atoms with Gasteiger partial charge in [-0.05, 0) is 30.8 Å². The van der Waals surface area contributed by atoms with Crippen LogP contribution in [0.5, 0.6) is 0 Å². The zero-order valence-electron chi connectivity index (χ0n) is 12.3. The maximum atomic E-state index is 5.81. The first kappa shape index (κ1) is 17.7. The zero-order valence-corrected chi connectivity index (χ0v) is 14.5. The molecule has 0 radical (unpaired) electrons. The van der Waals surface area contributed by atoms with Gasteiger partial charge in [0.1, 0.15) is 11.5 Å². The lowest BCUT2D eigenvalue weighted by atomic mass is 9.96. The maximum absolute atomic E-state index is 5.81. The van der Waals surface area contributed by atoms with Crippen LogP contribution in [0.2, 0.25) is 0 Å². The summed E-state index contributed by atoms with van der Waals surface area (Å²) in [6.45, 7) is 9.49. The molecule has 1 aliphatic rings. The molecule has 2 nitrogen and oxygen atoms in total. The summed E-state index contributed by atoms with van der Waals surface area (Å²) in [7, 11) is 2.66. The SMILES string of the molecule is C=C/C=C(\CC(/C(=C\C=C)OPC)=C1\C=CC=CC1)OP. The van der Waals surface area contributed by atoms with E-state index in [-0.39, 0.29) is 0 Å². The minimum atomic E-state index is 0.375. The van der Waals surface area contributed by atoms with Gasteiger partial charge in [-0.25, -0.2) is 0 Å². The van der Waals surface area contributed by atoms with E-state index in [2.05, 4.69) is 34.8 Å². The van der Waals surface area contributed by atoms with Crippen molar-refractivity contribution in [3.63, 3.8) is 0 Å². The van der Waals surface area contributed by atoms with Crippen molar-refractivity contribution >= 4 is 18.3 Å². The molecule has 0 saturated heterocycles. The Morgan fingerprint density at radius 2 is 2.10 bits per heavy atom. The highest BCUT2D eigenvalue weighted by atomic mass is 31.1. The number of allylic oxidation sites excluding steroid dienone is 11. The fourth-order valence-electron chi connectivity index (χ4n) is 1.95. The van der Waals surface area contributed by atoms with Gasteiger partial charge in [0.25, 0.3) is 0 Å². The third kappa shape index (κ3) is 5.87. The lowest BCUT2D eigenvalue weighted by molar-refractivity contribution is 0.458. The number of hydrogen-bond acceptors (Lipinski definition) is 2.